The standard InChI is InChI=1S/C24H32O3/c1-2-3-4-5-6-7-8-9-12-20-15-17-21(18-16-20)27-19-24(26)22-13-10-11-14-23(22)25/h10-11,13-18,25H,2-9,12,19H2,1H3. The van der Waals surface area contributed by atoms with E-state index in [-0.39, 0.29) is 18.1 Å². The molecule has 0 aliphatic carbocycles. The van der Waals surface area contributed by atoms with Crippen LogP contribution in [0.3, 0.4) is 0 Å². The van der Waals surface area contributed by atoms with Crippen molar-refractivity contribution in [1.82, 2.24) is 0 Å². The van der Waals surface area contributed by atoms with Gasteiger partial charge in [0.15, 0.2) is 6.61 Å². The summed E-state index contributed by atoms with van der Waals surface area (Å²) in [5.74, 6) is 0.446. The quantitative estimate of drug-likeness (QED) is 0.331. The van der Waals surface area contributed by atoms with Crippen LogP contribution >= 0.6 is 0 Å². The van der Waals surface area contributed by atoms with Crippen LogP contribution in [-0.4, -0.2) is 17.5 Å². The minimum absolute atomic E-state index is 0.00758. The highest BCUT2D eigenvalue weighted by Gasteiger charge is 2.11. The molecule has 3 nitrogen and oxygen atoms in total. The molecule has 0 bridgehead atoms. The zero-order valence-electron chi connectivity index (χ0n) is 16.5. The van der Waals surface area contributed by atoms with Gasteiger partial charge in [-0.05, 0) is 42.7 Å². The molecule has 0 atom stereocenters. The monoisotopic (exact) mass is 368 g/mol. The first-order valence-electron chi connectivity index (χ1n) is 10.2. The van der Waals surface area contributed by atoms with Gasteiger partial charge in [0.2, 0.25) is 5.78 Å². The average Bonchev–Trinajstić information content (AvgIpc) is 2.69. The van der Waals surface area contributed by atoms with E-state index in [2.05, 4.69) is 19.1 Å². The van der Waals surface area contributed by atoms with Gasteiger partial charge in [-0.2, -0.15) is 0 Å². The van der Waals surface area contributed by atoms with Crippen molar-refractivity contribution in [3.8, 4) is 11.5 Å². The lowest BCUT2D eigenvalue weighted by molar-refractivity contribution is 0.0919. The third-order valence-electron chi connectivity index (χ3n) is 4.82. The van der Waals surface area contributed by atoms with E-state index in [1.165, 1.54) is 63.0 Å². The first kappa shape index (κ1) is 21.0. The zero-order valence-corrected chi connectivity index (χ0v) is 16.5. The van der Waals surface area contributed by atoms with Crippen LogP contribution < -0.4 is 4.74 Å². The Kier molecular flexibility index (Phi) is 9.47. The van der Waals surface area contributed by atoms with Crippen molar-refractivity contribution in [1.29, 1.82) is 0 Å². The second kappa shape index (κ2) is 12.2. The highest BCUT2D eigenvalue weighted by atomic mass is 16.5. The summed E-state index contributed by atoms with van der Waals surface area (Å²) in [6.07, 6.45) is 11.7. The van der Waals surface area contributed by atoms with Gasteiger partial charge in [-0.3, -0.25) is 4.79 Å². The van der Waals surface area contributed by atoms with Gasteiger partial charge in [0.25, 0.3) is 0 Å². The molecule has 0 saturated heterocycles. The highest BCUT2D eigenvalue weighted by Crippen LogP contribution is 2.18. The molecule has 2 rings (SSSR count). The molecule has 2 aromatic carbocycles. The topological polar surface area (TPSA) is 46.5 Å². The van der Waals surface area contributed by atoms with Crippen LogP contribution in [0.4, 0.5) is 0 Å². The first-order chi connectivity index (χ1) is 13.2. The Morgan fingerprint density at radius 2 is 1.48 bits per heavy atom. The second-order valence-electron chi connectivity index (χ2n) is 7.10. The maximum atomic E-state index is 12.1. The molecule has 0 unspecified atom stereocenters. The largest absolute Gasteiger partial charge is 0.507 e. The van der Waals surface area contributed by atoms with Gasteiger partial charge in [0.05, 0.1) is 5.56 Å². The Labute approximate surface area is 163 Å². The summed E-state index contributed by atoms with van der Waals surface area (Å²) in [5.41, 5.74) is 1.60. The van der Waals surface area contributed by atoms with Crippen LogP contribution in [0, 0.1) is 0 Å². The molecule has 0 radical (unpaired) electrons. The lowest BCUT2D eigenvalue weighted by Gasteiger charge is -2.08. The Balaban J connectivity index is 1.65. The summed E-state index contributed by atoms with van der Waals surface area (Å²) in [5, 5.41) is 9.71. The summed E-state index contributed by atoms with van der Waals surface area (Å²) < 4.78 is 5.56. The Hall–Kier alpha value is -2.29. The summed E-state index contributed by atoms with van der Waals surface area (Å²) in [4.78, 5) is 12.1. The number of para-hydroxylation sites is 1. The normalized spacial score (nSPS) is 10.7. The van der Waals surface area contributed by atoms with E-state index in [0.29, 0.717) is 11.3 Å². The number of carbonyl (C=O) groups excluding carboxylic acids is 1. The molecule has 0 spiro atoms. The van der Waals surface area contributed by atoms with Crippen molar-refractivity contribution >= 4 is 5.78 Å². The number of ether oxygens (including phenoxy) is 1. The number of unbranched alkanes of at least 4 members (excludes halogenated alkanes) is 7. The Morgan fingerprint density at radius 3 is 2.15 bits per heavy atom. The first-order valence-corrected chi connectivity index (χ1v) is 10.2. The van der Waals surface area contributed by atoms with Crippen LogP contribution in [0.5, 0.6) is 11.5 Å². The van der Waals surface area contributed by atoms with Crippen molar-refractivity contribution in [2.24, 2.45) is 0 Å². The molecular formula is C24H32O3. The highest BCUT2D eigenvalue weighted by molar-refractivity contribution is 5.99. The summed E-state index contributed by atoms with van der Waals surface area (Å²) in [7, 11) is 0. The van der Waals surface area contributed by atoms with Gasteiger partial charge >= 0.3 is 0 Å². The van der Waals surface area contributed by atoms with Crippen molar-refractivity contribution in [2.45, 2.75) is 64.7 Å². The summed E-state index contributed by atoms with van der Waals surface area (Å²) in [6.45, 7) is 2.18. The number of hydrogen-bond donors (Lipinski definition) is 1. The summed E-state index contributed by atoms with van der Waals surface area (Å²) >= 11 is 0. The maximum Gasteiger partial charge on any atom is 0.203 e. The van der Waals surface area contributed by atoms with E-state index in [4.69, 9.17) is 4.74 Å². The van der Waals surface area contributed by atoms with Gasteiger partial charge in [-0.1, -0.05) is 76.1 Å². The number of rotatable bonds is 13. The number of Topliss-reactive ketones (excluding diaryl/α,β-unsaturated/α-hetero) is 1. The Morgan fingerprint density at radius 1 is 0.852 bits per heavy atom. The van der Waals surface area contributed by atoms with E-state index in [9.17, 15) is 9.90 Å². The molecule has 27 heavy (non-hydrogen) atoms. The molecule has 0 amide bonds. The second-order valence-corrected chi connectivity index (χ2v) is 7.10. The van der Waals surface area contributed by atoms with Crippen LogP contribution in [0.2, 0.25) is 0 Å². The molecule has 0 saturated carbocycles. The van der Waals surface area contributed by atoms with E-state index in [1.54, 1.807) is 18.2 Å². The third-order valence-corrected chi connectivity index (χ3v) is 4.82. The van der Waals surface area contributed by atoms with Crippen molar-refractivity contribution in [3.05, 3.63) is 59.7 Å². The molecule has 0 aliphatic rings. The molecular weight excluding hydrogens is 336 g/mol. The number of carbonyl (C=O) groups is 1. The lowest BCUT2D eigenvalue weighted by atomic mass is 10.0. The molecule has 146 valence electrons. The Bertz CT molecular complexity index is 676. The molecule has 0 aromatic heterocycles. The predicted molar refractivity (Wildman–Crippen MR) is 111 cm³/mol. The number of benzene rings is 2. The number of aryl methyl sites for hydroxylation is 1. The van der Waals surface area contributed by atoms with Gasteiger partial charge in [0, 0.05) is 0 Å². The molecule has 0 fully saturated rings. The minimum Gasteiger partial charge on any atom is -0.507 e. The van der Waals surface area contributed by atoms with E-state index in [0.717, 1.165) is 6.42 Å². The number of aromatic hydroxyl groups is 1. The van der Waals surface area contributed by atoms with Crippen LogP contribution in [-0.2, 0) is 6.42 Å². The average molecular weight is 369 g/mol. The van der Waals surface area contributed by atoms with E-state index >= 15 is 0 Å². The van der Waals surface area contributed by atoms with E-state index < -0.39 is 0 Å². The van der Waals surface area contributed by atoms with Crippen LogP contribution in [0.15, 0.2) is 48.5 Å². The van der Waals surface area contributed by atoms with Gasteiger partial charge in [0.1, 0.15) is 11.5 Å². The molecule has 2 aromatic rings. The minimum atomic E-state index is -0.226. The van der Waals surface area contributed by atoms with Gasteiger partial charge in [-0.15, -0.1) is 0 Å². The number of phenols is 1. The number of phenolic OH excluding ortho intramolecular Hbond substituents is 1. The molecule has 3 heteroatoms. The summed E-state index contributed by atoms with van der Waals surface area (Å²) in [6, 6.07) is 14.5. The van der Waals surface area contributed by atoms with Crippen molar-refractivity contribution < 1.29 is 14.6 Å². The molecule has 0 heterocycles. The fourth-order valence-electron chi connectivity index (χ4n) is 3.15. The van der Waals surface area contributed by atoms with Gasteiger partial charge in [-0.25, -0.2) is 0 Å². The maximum absolute atomic E-state index is 12.1. The third kappa shape index (κ3) is 7.86. The fourth-order valence-corrected chi connectivity index (χ4v) is 3.15. The van der Waals surface area contributed by atoms with Crippen LogP contribution in [0.1, 0.15) is 74.2 Å². The number of ketones is 1. The van der Waals surface area contributed by atoms with Gasteiger partial charge < -0.3 is 9.84 Å². The smallest absolute Gasteiger partial charge is 0.203 e. The van der Waals surface area contributed by atoms with E-state index in [1.807, 2.05) is 12.1 Å². The van der Waals surface area contributed by atoms with Crippen molar-refractivity contribution in [2.75, 3.05) is 6.61 Å². The van der Waals surface area contributed by atoms with Crippen LogP contribution in [0.25, 0.3) is 0 Å². The SMILES string of the molecule is CCCCCCCCCCc1ccc(OCC(=O)c2ccccc2O)cc1. The number of hydrogen-bond acceptors (Lipinski definition) is 3. The lowest BCUT2D eigenvalue weighted by Crippen LogP contribution is -2.11. The van der Waals surface area contributed by atoms with Crippen molar-refractivity contribution in [3.63, 3.8) is 0 Å². The predicted octanol–water partition coefficient (Wildman–Crippen LogP) is 6.34. The fraction of sp³-hybridized carbons (Fsp3) is 0.458. The molecule has 1 N–H and O–H groups in total. The molecule has 0 aliphatic heterocycles. The zero-order chi connectivity index (χ0) is 19.3.